The van der Waals surface area contributed by atoms with Gasteiger partial charge >= 0.3 is 0 Å². The van der Waals surface area contributed by atoms with Crippen molar-refractivity contribution in [3.05, 3.63) is 65.9 Å². The van der Waals surface area contributed by atoms with Crippen LogP contribution in [0.2, 0.25) is 0 Å². The number of para-hydroxylation sites is 2. The average Bonchev–Trinajstić information content (AvgIpc) is 3.31. The number of nitrogens with one attached hydrogen (secondary N) is 1. The minimum atomic E-state index is -0.0132. The number of hydrogen-bond donors (Lipinski definition) is 1. The van der Waals surface area contributed by atoms with Gasteiger partial charge in [0, 0.05) is 24.0 Å². The molecular weight excluding hydrogens is 364 g/mol. The zero-order valence-corrected chi connectivity index (χ0v) is 16.5. The molecule has 2 aliphatic heterocycles. The molecule has 0 bridgehead atoms. The van der Waals surface area contributed by atoms with Crippen molar-refractivity contribution in [2.75, 3.05) is 26.2 Å². The Hall–Kier alpha value is -2.79. The molecule has 5 rings (SSSR count). The zero-order chi connectivity index (χ0) is 19.6. The first-order chi connectivity index (χ1) is 14.3. The number of nitrogens with zero attached hydrogens (tertiary/aromatic N) is 1. The lowest BCUT2D eigenvalue weighted by atomic mass is 9.92. The summed E-state index contributed by atoms with van der Waals surface area (Å²) in [5.41, 5.74) is 1.57. The number of ether oxygens (including phenoxy) is 1. The Balaban J connectivity index is 1.42. The number of carbonyl (C=O) groups is 1. The van der Waals surface area contributed by atoms with Gasteiger partial charge in [-0.1, -0.05) is 36.4 Å². The van der Waals surface area contributed by atoms with Gasteiger partial charge in [-0.05, 0) is 56.0 Å². The Labute approximate surface area is 170 Å². The van der Waals surface area contributed by atoms with E-state index in [4.69, 9.17) is 9.15 Å². The minimum absolute atomic E-state index is 0.0132. The number of fused-ring (bicyclic) bond motifs is 2. The second-order valence-corrected chi connectivity index (χ2v) is 8.06. The standard InChI is InChI=1S/C24H26N2O3/c27-24(26-12-10-17-14-25-15-18(17)11-13-26)23-21(16-28-19-6-2-1-3-7-19)20-8-4-5-9-22(20)29-23/h1-9,17-18,25H,10-16H2/t17-,18+. The number of amides is 1. The summed E-state index contributed by atoms with van der Waals surface area (Å²) in [6.07, 6.45) is 2.11. The van der Waals surface area contributed by atoms with Crippen molar-refractivity contribution in [2.24, 2.45) is 11.8 Å². The van der Waals surface area contributed by atoms with Crippen molar-refractivity contribution in [3.63, 3.8) is 0 Å². The molecule has 1 aromatic heterocycles. The highest BCUT2D eigenvalue weighted by molar-refractivity contribution is 5.99. The van der Waals surface area contributed by atoms with Gasteiger partial charge in [-0.2, -0.15) is 0 Å². The summed E-state index contributed by atoms with van der Waals surface area (Å²) in [6, 6.07) is 17.5. The molecule has 3 aromatic rings. The summed E-state index contributed by atoms with van der Waals surface area (Å²) in [5, 5.41) is 4.44. The van der Waals surface area contributed by atoms with Gasteiger partial charge in [0.15, 0.2) is 5.76 Å². The summed E-state index contributed by atoms with van der Waals surface area (Å²) in [6.45, 7) is 4.04. The predicted molar refractivity (Wildman–Crippen MR) is 112 cm³/mol. The average molecular weight is 390 g/mol. The third kappa shape index (κ3) is 3.62. The number of likely N-dealkylation sites (tertiary alicyclic amines) is 1. The Morgan fingerprint density at radius 2 is 1.69 bits per heavy atom. The monoisotopic (exact) mass is 390 g/mol. The second-order valence-electron chi connectivity index (χ2n) is 8.06. The smallest absolute Gasteiger partial charge is 0.290 e. The molecule has 150 valence electrons. The molecule has 0 aliphatic carbocycles. The van der Waals surface area contributed by atoms with E-state index < -0.39 is 0 Å². The minimum Gasteiger partial charge on any atom is -0.489 e. The lowest BCUT2D eigenvalue weighted by Gasteiger charge is -2.20. The molecule has 2 aliphatic rings. The molecule has 2 aromatic carbocycles. The van der Waals surface area contributed by atoms with Gasteiger partial charge in [0.2, 0.25) is 0 Å². The molecule has 29 heavy (non-hydrogen) atoms. The van der Waals surface area contributed by atoms with E-state index in [9.17, 15) is 4.79 Å². The highest BCUT2D eigenvalue weighted by Gasteiger charge is 2.33. The van der Waals surface area contributed by atoms with Gasteiger partial charge in [0.25, 0.3) is 5.91 Å². The third-order valence-corrected chi connectivity index (χ3v) is 6.33. The van der Waals surface area contributed by atoms with Crippen LogP contribution in [0.5, 0.6) is 5.75 Å². The summed E-state index contributed by atoms with van der Waals surface area (Å²) in [7, 11) is 0. The maximum absolute atomic E-state index is 13.4. The quantitative estimate of drug-likeness (QED) is 0.729. The van der Waals surface area contributed by atoms with E-state index in [1.54, 1.807) is 0 Å². The topological polar surface area (TPSA) is 54.7 Å². The van der Waals surface area contributed by atoms with Gasteiger partial charge in [-0.15, -0.1) is 0 Å². The molecule has 2 fully saturated rings. The first-order valence-corrected chi connectivity index (χ1v) is 10.5. The van der Waals surface area contributed by atoms with Crippen molar-refractivity contribution in [1.82, 2.24) is 10.2 Å². The van der Waals surface area contributed by atoms with Gasteiger partial charge in [-0.3, -0.25) is 4.79 Å². The van der Waals surface area contributed by atoms with E-state index in [1.165, 1.54) is 0 Å². The van der Waals surface area contributed by atoms with Crippen LogP contribution in [-0.4, -0.2) is 37.0 Å². The Morgan fingerprint density at radius 3 is 2.45 bits per heavy atom. The normalized spacial score (nSPS) is 21.7. The van der Waals surface area contributed by atoms with Crippen LogP contribution in [0.1, 0.15) is 29.0 Å². The van der Waals surface area contributed by atoms with Crippen molar-refractivity contribution < 1.29 is 13.9 Å². The van der Waals surface area contributed by atoms with Crippen molar-refractivity contribution >= 4 is 16.9 Å². The van der Waals surface area contributed by atoms with Gasteiger partial charge in [0.05, 0.1) is 0 Å². The molecule has 1 N–H and O–H groups in total. The maximum Gasteiger partial charge on any atom is 0.290 e. The van der Waals surface area contributed by atoms with E-state index >= 15 is 0 Å². The van der Waals surface area contributed by atoms with Crippen molar-refractivity contribution in [3.8, 4) is 5.75 Å². The number of rotatable bonds is 4. The SMILES string of the molecule is O=C(c1oc2ccccc2c1COc1ccccc1)N1CC[C@@H]2CNC[C@@H]2CC1. The van der Waals surface area contributed by atoms with E-state index in [-0.39, 0.29) is 5.91 Å². The van der Waals surface area contributed by atoms with E-state index in [1.807, 2.05) is 59.5 Å². The summed E-state index contributed by atoms with van der Waals surface area (Å²) >= 11 is 0. The molecule has 2 atom stereocenters. The van der Waals surface area contributed by atoms with Crippen LogP contribution in [0.4, 0.5) is 0 Å². The first-order valence-electron chi connectivity index (χ1n) is 10.5. The molecule has 0 spiro atoms. The Bertz CT molecular complexity index is 984. The van der Waals surface area contributed by atoms with E-state index in [0.717, 1.165) is 61.3 Å². The van der Waals surface area contributed by atoms with Crippen LogP contribution in [0.3, 0.4) is 0 Å². The van der Waals surface area contributed by atoms with Gasteiger partial charge in [-0.25, -0.2) is 0 Å². The number of carbonyl (C=O) groups excluding carboxylic acids is 1. The molecule has 3 heterocycles. The lowest BCUT2D eigenvalue weighted by Crippen LogP contribution is -2.33. The van der Waals surface area contributed by atoms with Crippen molar-refractivity contribution in [2.45, 2.75) is 19.4 Å². The predicted octanol–water partition coefficient (Wildman–Crippen LogP) is 4.08. The summed E-state index contributed by atoms with van der Waals surface area (Å²) in [5.74, 6) is 2.56. The number of hydrogen-bond acceptors (Lipinski definition) is 4. The maximum atomic E-state index is 13.4. The molecule has 5 nitrogen and oxygen atoms in total. The summed E-state index contributed by atoms with van der Waals surface area (Å²) < 4.78 is 12.0. The fourth-order valence-corrected chi connectivity index (χ4v) is 4.65. The second kappa shape index (κ2) is 7.91. The number of benzene rings is 2. The highest BCUT2D eigenvalue weighted by Crippen LogP contribution is 2.31. The molecule has 1 amide bonds. The van der Waals surface area contributed by atoms with Crippen molar-refractivity contribution in [1.29, 1.82) is 0 Å². The van der Waals surface area contributed by atoms with Crippen LogP contribution in [0, 0.1) is 11.8 Å². The molecule has 0 saturated carbocycles. The van der Waals surface area contributed by atoms with Crippen LogP contribution >= 0.6 is 0 Å². The van der Waals surface area contributed by atoms with Crippen LogP contribution in [-0.2, 0) is 6.61 Å². The molecular formula is C24H26N2O3. The first kappa shape index (κ1) is 18.3. The molecule has 2 saturated heterocycles. The third-order valence-electron chi connectivity index (χ3n) is 6.33. The molecule has 5 heteroatoms. The van der Waals surface area contributed by atoms with Crippen LogP contribution in [0.25, 0.3) is 11.0 Å². The molecule has 0 unspecified atom stereocenters. The largest absolute Gasteiger partial charge is 0.489 e. The Morgan fingerprint density at radius 1 is 1.00 bits per heavy atom. The van der Waals surface area contributed by atoms with Gasteiger partial charge < -0.3 is 19.4 Å². The molecule has 0 radical (unpaired) electrons. The fraction of sp³-hybridized carbons (Fsp3) is 0.375. The van der Waals surface area contributed by atoms with Crippen LogP contribution in [0.15, 0.2) is 59.0 Å². The fourth-order valence-electron chi connectivity index (χ4n) is 4.65. The zero-order valence-electron chi connectivity index (χ0n) is 16.5. The Kier molecular flexibility index (Phi) is 4.98. The van der Waals surface area contributed by atoms with Crippen LogP contribution < -0.4 is 10.1 Å². The number of furan rings is 1. The highest BCUT2D eigenvalue weighted by atomic mass is 16.5. The summed E-state index contributed by atoms with van der Waals surface area (Å²) in [4.78, 5) is 15.4. The van der Waals surface area contributed by atoms with Gasteiger partial charge in [0.1, 0.15) is 17.9 Å². The van der Waals surface area contributed by atoms with E-state index in [0.29, 0.717) is 24.2 Å². The van der Waals surface area contributed by atoms with E-state index in [2.05, 4.69) is 5.32 Å². The lowest BCUT2D eigenvalue weighted by molar-refractivity contribution is 0.0725.